The van der Waals surface area contributed by atoms with E-state index in [1.54, 1.807) is 5.57 Å². The Balaban J connectivity index is 1.42. The van der Waals surface area contributed by atoms with E-state index in [0.29, 0.717) is 11.8 Å². The van der Waals surface area contributed by atoms with Crippen LogP contribution in [0.25, 0.3) is 0 Å². The van der Waals surface area contributed by atoms with Crippen LogP contribution in [0.2, 0.25) is 0 Å². The summed E-state index contributed by atoms with van der Waals surface area (Å²) in [5, 5.41) is 21.0. The van der Waals surface area contributed by atoms with Crippen LogP contribution in [0.1, 0.15) is 56.1 Å². The number of rotatable bonds is 11. The SMILES string of the molecule is Cc1ccc(CC[C@@H](O)/C=C/[C@@H]2[C@H]3CC(CCCCCN(C)C)=C[C@H]3C[C@H]2O)cc1. The summed E-state index contributed by atoms with van der Waals surface area (Å²) in [4.78, 5) is 2.26. The Kier molecular flexibility index (Phi) is 8.73. The number of aliphatic hydroxyl groups is 2. The minimum Gasteiger partial charge on any atom is -0.392 e. The van der Waals surface area contributed by atoms with E-state index in [1.807, 2.05) is 6.08 Å². The number of unbranched alkanes of at least 4 members (excludes halogenated alkanes) is 2. The molecule has 0 heterocycles. The van der Waals surface area contributed by atoms with Crippen LogP contribution in [0, 0.1) is 24.7 Å². The smallest absolute Gasteiger partial charge is 0.0724 e. The number of allylic oxidation sites excluding steroid dienone is 2. The van der Waals surface area contributed by atoms with Gasteiger partial charge in [0.2, 0.25) is 0 Å². The summed E-state index contributed by atoms with van der Waals surface area (Å²) in [6, 6.07) is 8.53. The van der Waals surface area contributed by atoms with Crippen LogP contribution in [-0.2, 0) is 6.42 Å². The molecule has 0 aromatic heterocycles. The second-order valence-electron chi connectivity index (χ2n) is 9.83. The fourth-order valence-corrected chi connectivity index (χ4v) is 5.17. The molecule has 1 saturated carbocycles. The van der Waals surface area contributed by atoms with Gasteiger partial charge in [-0.25, -0.2) is 0 Å². The zero-order valence-electron chi connectivity index (χ0n) is 19.1. The van der Waals surface area contributed by atoms with E-state index in [9.17, 15) is 10.2 Å². The molecule has 5 atom stereocenters. The molecule has 2 aliphatic rings. The number of nitrogens with zero attached hydrogens (tertiary/aromatic N) is 1. The summed E-state index contributed by atoms with van der Waals surface area (Å²) in [5.74, 6) is 1.24. The fourth-order valence-electron chi connectivity index (χ4n) is 5.17. The minimum atomic E-state index is -0.442. The average Bonchev–Trinajstić information content (AvgIpc) is 3.21. The van der Waals surface area contributed by atoms with E-state index in [0.717, 1.165) is 25.7 Å². The third-order valence-corrected chi connectivity index (χ3v) is 6.96. The molecule has 0 saturated heterocycles. The summed E-state index contributed by atoms with van der Waals surface area (Å²) >= 11 is 0. The molecular formula is C27H41NO2. The molecule has 1 aromatic rings. The van der Waals surface area contributed by atoms with Gasteiger partial charge in [-0.15, -0.1) is 0 Å². The van der Waals surface area contributed by atoms with Gasteiger partial charge in [-0.3, -0.25) is 0 Å². The maximum absolute atomic E-state index is 10.6. The predicted molar refractivity (Wildman–Crippen MR) is 125 cm³/mol. The van der Waals surface area contributed by atoms with Crippen molar-refractivity contribution in [3.8, 4) is 0 Å². The van der Waals surface area contributed by atoms with E-state index in [4.69, 9.17) is 0 Å². The van der Waals surface area contributed by atoms with E-state index in [-0.39, 0.29) is 12.0 Å². The van der Waals surface area contributed by atoms with Crippen molar-refractivity contribution < 1.29 is 10.2 Å². The van der Waals surface area contributed by atoms with E-state index < -0.39 is 6.10 Å². The molecule has 3 nitrogen and oxygen atoms in total. The summed E-state index contributed by atoms with van der Waals surface area (Å²) < 4.78 is 0. The monoisotopic (exact) mass is 411 g/mol. The summed E-state index contributed by atoms with van der Waals surface area (Å²) in [5.41, 5.74) is 4.13. The Labute approximate surface area is 183 Å². The molecule has 1 fully saturated rings. The predicted octanol–water partition coefficient (Wildman–Crippen LogP) is 4.91. The van der Waals surface area contributed by atoms with E-state index >= 15 is 0 Å². The second-order valence-corrected chi connectivity index (χ2v) is 9.83. The molecule has 3 rings (SSSR count). The lowest BCUT2D eigenvalue weighted by Crippen LogP contribution is -2.18. The lowest BCUT2D eigenvalue weighted by Gasteiger charge is -2.19. The van der Waals surface area contributed by atoms with Crippen molar-refractivity contribution in [1.82, 2.24) is 4.90 Å². The van der Waals surface area contributed by atoms with Gasteiger partial charge in [-0.1, -0.05) is 60.1 Å². The molecular weight excluding hydrogens is 370 g/mol. The van der Waals surface area contributed by atoms with Crippen molar-refractivity contribution in [3.63, 3.8) is 0 Å². The standard InChI is InChI=1S/C27H41NO2/c1-20-8-10-21(11-9-20)12-13-24(29)14-15-25-26-18-22(17-23(26)19-27(25)30)7-5-4-6-16-28(2)3/h8-11,14-15,17,23-27,29-30H,4-7,12-13,16,18-19H2,1-3H3/b15-14+/t23-,24+,25+,26-,27+/m0/s1. The number of hydrogen-bond donors (Lipinski definition) is 2. The highest BCUT2D eigenvalue weighted by Gasteiger charge is 2.43. The molecule has 3 heteroatoms. The van der Waals surface area contributed by atoms with Gasteiger partial charge in [0.25, 0.3) is 0 Å². The third kappa shape index (κ3) is 6.80. The third-order valence-electron chi connectivity index (χ3n) is 6.96. The lowest BCUT2D eigenvalue weighted by molar-refractivity contribution is 0.139. The molecule has 0 amide bonds. The number of fused-ring (bicyclic) bond motifs is 1. The van der Waals surface area contributed by atoms with Gasteiger partial charge in [-0.2, -0.15) is 0 Å². The maximum atomic E-state index is 10.6. The van der Waals surface area contributed by atoms with E-state index in [1.165, 1.54) is 43.4 Å². The van der Waals surface area contributed by atoms with Crippen LogP contribution in [0.3, 0.4) is 0 Å². The lowest BCUT2D eigenvalue weighted by atomic mass is 9.88. The quantitative estimate of drug-likeness (QED) is 0.402. The van der Waals surface area contributed by atoms with Gasteiger partial charge in [0.15, 0.2) is 0 Å². The molecule has 1 aromatic carbocycles. The Hall–Kier alpha value is -1.42. The summed E-state index contributed by atoms with van der Waals surface area (Å²) in [6.45, 7) is 3.27. The number of aryl methyl sites for hydroxylation is 2. The number of hydrogen-bond acceptors (Lipinski definition) is 3. The molecule has 0 spiro atoms. The van der Waals surface area contributed by atoms with Crippen molar-refractivity contribution in [2.45, 2.75) is 70.5 Å². The first-order chi connectivity index (χ1) is 14.4. The minimum absolute atomic E-state index is 0.187. The molecule has 0 radical (unpaired) electrons. The largest absolute Gasteiger partial charge is 0.392 e. The Bertz CT molecular complexity index is 706. The maximum Gasteiger partial charge on any atom is 0.0724 e. The first-order valence-electron chi connectivity index (χ1n) is 11.9. The molecule has 0 unspecified atom stereocenters. The van der Waals surface area contributed by atoms with Crippen molar-refractivity contribution in [3.05, 3.63) is 59.2 Å². The van der Waals surface area contributed by atoms with Gasteiger partial charge < -0.3 is 15.1 Å². The molecule has 2 N–H and O–H groups in total. The van der Waals surface area contributed by atoms with Crippen LogP contribution < -0.4 is 0 Å². The van der Waals surface area contributed by atoms with E-state index in [2.05, 4.69) is 62.3 Å². The molecule has 0 bridgehead atoms. The van der Waals surface area contributed by atoms with Crippen molar-refractivity contribution in [2.24, 2.45) is 17.8 Å². The fraction of sp³-hybridized carbons (Fsp3) is 0.630. The average molecular weight is 412 g/mol. The first-order valence-corrected chi connectivity index (χ1v) is 11.9. The highest BCUT2D eigenvalue weighted by molar-refractivity contribution is 5.22. The highest BCUT2D eigenvalue weighted by Crippen LogP contribution is 2.48. The normalized spacial score (nSPS) is 27.1. The molecule has 2 aliphatic carbocycles. The van der Waals surface area contributed by atoms with Crippen LogP contribution >= 0.6 is 0 Å². The Morgan fingerprint density at radius 3 is 2.60 bits per heavy atom. The van der Waals surface area contributed by atoms with Gasteiger partial charge >= 0.3 is 0 Å². The molecule has 0 aliphatic heterocycles. The second kappa shape index (κ2) is 11.3. The zero-order valence-corrected chi connectivity index (χ0v) is 19.1. The van der Waals surface area contributed by atoms with Crippen LogP contribution in [-0.4, -0.2) is 48.0 Å². The van der Waals surface area contributed by atoms with Gasteiger partial charge in [0.05, 0.1) is 12.2 Å². The van der Waals surface area contributed by atoms with Crippen molar-refractivity contribution in [1.29, 1.82) is 0 Å². The summed E-state index contributed by atoms with van der Waals surface area (Å²) in [6.07, 6.45) is 14.5. The topological polar surface area (TPSA) is 43.7 Å². The highest BCUT2D eigenvalue weighted by atomic mass is 16.3. The Morgan fingerprint density at radius 2 is 1.87 bits per heavy atom. The summed E-state index contributed by atoms with van der Waals surface area (Å²) in [7, 11) is 4.28. The van der Waals surface area contributed by atoms with Gasteiger partial charge in [0.1, 0.15) is 0 Å². The van der Waals surface area contributed by atoms with Crippen LogP contribution in [0.5, 0.6) is 0 Å². The zero-order chi connectivity index (χ0) is 21.5. The molecule has 30 heavy (non-hydrogen) atoms. The van der Waals surface area contributed by atoms with Gasteiger partial charge in [-0.05, 0) is 89.9 Å². The molecule has 166 valence electrons. The van der Waals surface area contributed by atoms with Crippen LogP contribution in [0.4, 0.5) is 0 Å². The number of benzene rings is 1. The van der Waals surface area contributed by atoms with Crippen molar-refractivity contribution in [2.75, 3.05) is 20.6 Å². The number of aliphatic hydroxyl groups excluding tert-OH is 2. The first kappa shape index (κ1) is 23.2. The Morgan fingerprint density at radius 1 is 1.10 bits per heavy atom. The van der Waals surface area contributed by atoms with Crippen LogP contribution in [0.15, 0.2) is 48.1 Å². The van der Waals surface area contributed by atoms with Gasteiger partial charge in [0, 0.05) is 5.92 Å². The van der Waals surface area contributed by atoms with Crippen molar-refractivity contribution >= 4 is 0 Å².